The third kappa shape index (κ3) is 3.50. The summed E-state index contributed by atoms with van der Waals surface area (Å²) in [6, 6.07) is 3.40. The van der Waals surface area contributed by atoms with Crippen LogP contribution in [-0.2, 0) is 10.0 Å². The molecule has 1 aromatic rings. The fraction of sp³-hybridized carbons (Fsp3) is 0.467. The predicted octanol–water partition coefficient (Wildman–Crippen LogP) is 3.21. The Labute approximate surface area is 126 Å². The zero-order valence-electron chi connectivity index (χ0n) is 12.6. The standard InChI is InChI=1S/C15H21NO4S/c1-11-9-14(19-2)15(20-3)10-13(11)16-21(17,18)12-7-5-4-6-8-12/h7,9-10,16H,4-6,8H2,1-3H3. The van der Waals surface area contributed by atoms with E-state index in [4.69, 9.17) is 9.47 Å². The lowest BCUT2D eigenvalue weighted by Gasteiger charge is -2.17. The molecule has 0 bridgehead atoms. The summed E-state index contributed by atoms with van der Waals surface area (Å²) in [6.45, 7) is 1.83. The van der Waals surface area contributed by atoms with E-state index in [9.17, 15) is 8.42 Å². The molecular formula is C15H21NO4S. The largest absolute Gasteiger partial charge is 0.493 e. The second-order valence-corrected chi connectivity index (χ2v) is 6.78. The second-order valence-electron chi connectivity index (χ2n) is 5.04. The van der Waals surface area contributed by atoms with Gasteiger partial charge in [0.05, 0.1) is 24.8 Å². The van der Waals surface area contributed by atoms with Crippen LogP contribution in [0.5, 0.6) is 11.5 Å². The average Bonchev–Trinajstić information content (AvgIpc) is 2.49. The first kappa shape index (κ1) is 15.7. The lowest BCUT2D eigenvalue weighted by atomic mass is 10.1. The van der Waals surface area contributed by atoms with Crippen LogP contribution < -0.4 is 14.2 Å². The number of hydrogen-bond donors (Lipinski definition) is 1. The maximum atomic E-state index is 12.4. The highest BCUT2D eigenvalue weighted by Crippen LogP contribution is 2.34. The number of hydrogen-bond acceptors (Lipinski definition) is 4. The Morgan fingerprint density at radius 2 is 1.76 bits per heavy atom. The maximum Gasteiger partial charge on any atom is 0.257 e. The molecule has 0 saturated heterocycles. The molecule has 0 aromatic heterocycles. The van der Waals surface area contributed by atoms with Crippen LogP contribution >= 0.6 is 0 Å². The van der Waals surface area contributed by atoms with E-state index in [0.29, 0.717) is 28.5 Å². The molecule has 1 aliphatic carbocycles. The van der Waals surface area contributed by atoms with Gasteiger partial charge in [-0.25, -0.2) is 8.42 Å². The van der Waals surface area contributed by atoms with Gasteiger partial charge in [0.15, 0.2) is 11.5 Å². The van der Waals surface area contributed by atoms with Crippen molar-refractivity contribution in [1.82, 2.24) is 0 Å². The van der Waals surface area contributed by atoms with Crippen LogP contribution in [0.2, 0.25) is 0 Å². The number of rotatable bonds is 5. The van der Waals surface area contributed by atoms with Crippen molar-refractivity contribution in [2.75, 3.05) is 18.9 Å². The van der Waals surface area contributed by atoms with Gasteiger partial charge < -0.3 is 9.47 Å². The van der Waals surface area contributed by atoms with Crippen molar-refractivity contribution >= 4 is 15.7 Å². The molecule has 5 nitrogen and oxygen atoms in total. The summed E-state index contributed by atoms with van der Waals surface area (Å²) >= 11 is 0. The first-order chi connectivity index (χ1) is 9.97. The summed E-state index contributed by atoms with van der Waals surface area (Å²) in [7, 11) is -0.416. The SMILES string of the molecule is COc1cc(C)c(NS(=O)(=O)C2=CCCCC2)cc1OC. The molecule has 1 aliphatic rings. The van der Waals surface area contributed by atoms with Crippen molar-refractivity contribution in [3.8, 4) is 11.5 Å². The van der Waals surface area contributed by atoms with E-state index in [1.54, 1.807) is 19.2 Å². The molecule has 0 spiro atoms. The average molecular weight is 311 g/mol. The number of methoxy groups -OCH3 is 2. The summed E-state index contributed by atoms with van der Waals surface area (Å²) in [4.78, 5) is 0.475. The van der Waals surface area contributed by atoms with Gasteiger partial charge in [-0.1, -0.05) is 6.08 Å². The van der Waals surface area contributed by atoms with Crippen molar-refractivity contribution in [3.05, 3.63) is 28.7 Å². The van der Waals surface area contributed by atoms with Crippen molar-refractivity contribution in [1.29, 1.82) is 0 Å². The van der Waals surface area contributed by atoms with E-state index in [0.717, 1.165) is 24.8 Å². The molecule has 0 aliphatic heterocycles. The van der Waals surface area contributed by atoms with Gasteiger partial charge in [-0.3, -0.25) is 4.72 Å². The summed E-state index contributed by atoms with van der Waals surface area (Å²) in [6.07, 6.45) is 5.19. The van der Waals surface area contributed by atoms with Crippen LogP contribution in [0.15, 0.2) is 23.1 Å². The number of nitrogens with one attached hydrogen (secondary N) is 1. The fourth-order valence-corrected chi connectivity index (χ4v) is 3.74. The van der Waals surface area contributed by atoms with Crippen LogP contribution in [0.3, 0.4) is 0 Å². The molecule has 0 fully saturated rings. The van der Waals surface area contributed by atoms with Crippen molar-refractivity contribution in [2.45, 2.75) is 32.6 Å². The van der Waals surface area contributed by atoms with Crippen LogP contribution in [0.1, 0.15) is 31.2 Å². The molecule has 0 saturated carbocycles. The normalized spacial score (nSPS) is 15.3. The fourth-order valence-electron chi connectivity index (χ4n) is 2.35. The molecule has 1 aromatic carbocycles. The van der Waals surface area contributed by atoms with E-state index in [-0.39, 0.29) is 0 Å². The topological polar surface area (TPSA) is 64.6 Å². The van der Waals surface area contributed by atoms with Crippen molar-refractivity contribution < 1.29 is 17.9 Å². The highest BCUT2D eigenvalue weighted by atomic mass is 32.2. The number of allylic oxidation sites excluding steroid dienone is 2. The lowest BCUT2D eigenvalue weighted by molar-refractivity contribution is 0.355. The lowest BCUT2D eigenvalue weighted by Crippen LogP contribution is -2.17. The minimum Gasteiger partial charge on any atom is -0.493 e. The smallest absolute Gasteiger partial charge is 0.257 e. The van der Waals surface area contributed by atoms with E-state index in [1.807, 2.05) is 13.0 Å². The van der Waals surface area contributed by atoms with Crippen LogP contribution in [0.4, 0.5) is 5.69 Å². The van der Waals surface area contributed by atoms with Gasteiger partial charge in [-0.15, -0.1) is 0 Å². The van der Waals surface area contributed by atoms with E-state index in [2.05, 4.69) is 4.72 Å². The van der Waals surface area contributed by atoms with Crippen LogP contribution in [-0.4, -0.2) is 22.6 Å². The molecule has 0 radical (unpaired) electrons. The molecule has 2 rings (SSSR count). The zero-order chi connectivity index (χ0) is 15.5. The molecule has 21 heavy (non-hydrogen) atoms. The van der Waals surface area contributed by atoms with Gasteiger partial charge >= 0.3 is 0 Å². The Morgan fingerprint density at radius 3 is 2.33 bits per heavy atom. The summed E-state index contributed by atoms with van der Waals surface area (Å²) in [5, 5.41) is 0. The van der Waals surface area contributed by atoms with Gasteiger partial charge in [-0.2, -0.15) is 0 Å². The summed E-state index contributed by atoms with van der Waals surface area (Å²) in [5.41, 5.74) is 1.30. The molecule has 6 heteroatoms. The van der Waals surface area contributed by atoms with E-state index >= 15 is 0 Å². The quantitative estimate of drug-likeness (QED) is 0.907. The predicted molar refractivity (Wildman–Crippen MR) is 83.4 cm³/mol. The molecule has 0 atom stereocenters. The molecule has 0 amide bonds. The monoisotopic (exact) mass is 311 g/mol. The minimum atomic E-state index is -3.49. The molecule has 0 heterocycles. The van der Waals surface area contributed by atoms with E-state index < -0.39 is 10.0 Å². The molecule has 0 unspecified atom stereocenters. The number of sulfonamides is 1. The van der Waals surface area contributed by atoms with Gasteiger partial charge in [0.2, 0.25) is 0 Å². The third-order valence-electron chi connectivity index (χ3n) is 3.57. The molecule has 1 N–H and O–H groups in total. The third-order valence-corrected chi connectivity index (χ3v) is 5.12. The van der Waals surface area contributed by atoms with Crippen LogP contribution in [0, 0.1) is 6.92 Å². The minimum absolute atomic E-state index is 0.475. The molecular weight excluding hydrogens is 290 g/mol. The van der Waals surface area contributed by atoms with E-state index in [1.165, 1.54) is 7.11 Å². The summed E-state index contributed by atoms with van der Waals surface area (Å²) in [5.74, 6) is 1.08. The maximum absolute atomic E-state index is 12.4. The number of benzene rings is 1. The number of aryl methyl sites for hydroxylation is 1. The van der Waals surface area contributed by atoms with Gasteiger partial charge in [0, 0.05) is 6.07 Å². The Morgan fingerprint density at radius 1 is 1.10 bits per heavy atom. The first-order valence-corrected chi connectivity index (χ1v) is 8.40. The van der Waals surface area contributed by atoms with Gasteiger partial charge in [-0.05, 0) is 44.2 Å². The Bertz CT molecular complexity index is 650. The van der Waals surface area contributed by atoms with Gasteiger partial charge in [0.25, 0.3) is 10.0 Å². The Hall–Kier alpha value is -1.69. The zero-order valence-corrected chi connectivity index (χ0v) is 13.4. The Kier molecular flexibility index (Phi) is 4.77. The highest BCUT2D eigenvalue weighted by molar-refractivity contribution is 7.96. The number of anilines is 1. The highest BCUT2D eigenvalue weighted by Gasteiger charge is 2.21. The second kappa shape index (κ2) is 6.39. The summed E-state index contributed by atoms with van der Waals surface area (Å²) < 4.78 is 37.9. The first-order valence-electron chi connectivity index (χ1n) is 6.92. The molecule has 116 valence electrons. The number of ether oxygens (including phenoxy) is 2. The van der Waals surface area contributed by atoms with Crippen molar-refractivity contribution in [3.63, 3.8) is 0 Å². The van der Waals surface area contributed by atoms with Gasteiger partial charge in [0.1, 0.15) is 0 Å². The Balaban J connectivity index is 2.32. The van der Waals surface area contributed by atoms with Crippen LogP contribution in [0.25, 0.3) is 0 Å². The van der Waals surface area contributed by atoms with Crippen molar-refractivity contribution in [2.24, 2.45) is 0 Å².